The summed E-state index contributed by atoms with van der Waals surface area (Å²) in [5.74, 6) is 1.28. The fraction of sp³-hybridized carbons (Fsp3) is 0.923. The van der Waals surface area contributed by atoms with Crippen molar-refractivity contribution in [3.05, 3.63) is 0 Å². The molecule has 1 N–H and O–H groups in total. The van der Waals surface area contributed by atoms with Crippen molar-refractivity contribution in [2.24, 2.45) is 10.4 Å². The van der Waals surface area contributed by atoms with E-state index in [1.807, 2.05) is 0 Å². The van der Waals surface area contributed by atoms with Crippen molar-refractivity contribution in [3.63, 3.8) is 0 Å². The summed E-state index contributed by atoms with van der Waals surface area (Å²) in [6.45, 7) is 4.54. The van der Waals surface area contributed by atoms with Crippen molar-refractivity contribution in [1.82, 2.24) is 5.32 Å². The summed E-state index contributed by atoms with van der Waals surface area (Å²) in [5.41, 5.74) is 0.620. The second-order valence-corrected chi connectivity index (χ2v) is 5.20. The van der Waals surface area contributed by atoms with Crippen LogP contribution in [0.2, 0.25) is 0 Å². The van der Waals surface area contributed by atoms with Gasteiger partial charge in [0.25, 0.3) is 0 Å². The lowest BCUT2D eigenvalue weighted by molar-refractivity contribution is 0.131. The van der Waals surface area contributed by atoms with Crippen LogP contribution in [-0.4, -0.2) is 18.9 Å². The molecule has 15 heavy (non-hydrogen) atoms. The quantitative estimate of drug-likeness (QED) is 0.757. The van der Waals surface area contributed by atoms with Crippen molar-refractivity contribution in [1.29, 1.82) is 0 Å². The van der Waals surface area contributed by atoms with E-state index < -0.39 is 0 Å². The number of nitrogens with one attached hydrogen (secondary N) is 1. The number of hydrogen-bond donors (Lipinski definition) is 1. The summed E-state index contributed by atoms with van der Waals surface area (Å²) in [6.07, 6.45) is 10.7. The van der Waals surface area contributed by atoms with Crippen LogP contribution in [0.1, 0.15) is 58.3 Å². The minimum absolute atomic E-state index is 0.620. The van der Waals surface area contributed by atoms with Gasteiger partial charge >= 0.3 is 0 Å². The van der Waals surface area contributed by atoms with Gasteiger partial charge in [-0.3, -0.25) is 4.99 Å². The first-order valence-electron chi connectivity index (χ1n) is 6.62. The lowest BCUT2D eigenvalue weighted by Crippen LogP contribution is -2.41. The molecule has 2 rings (SSSR count). The lowest BCUT2D eigenvalue weighted by atomic mass is 9.67. The van der Waals surface area contributed by atoms with E-state index in [4.69, 9.17) is 0 Å². The number of nitrogens with zero attached hydrogens (tertiary/aromatic N) is 1. The molecular weight excluding hydrogens is 184 g/mol. The molecule has 2 aliphatic rings. The third-order valence-corrected chi connectivity index (χ3v) is 4.21. The van der Waals surface area contributed by atoms with E-state index in [9.17, 15) is 0 Å². The van der Waals surface area contributed by atoms with Gasteiger partial charge in [0.15, 0.2) is 0 Å². The molecule has 0 radical (unpaired) electrons. The molecule has 0 unspecified atom stereocenters. The molecule has 0 saturated heterocycles. The molecule has 86 valence electrons. The monoisotopic (exact) mass is 208 g/mol. The molecule has 2 nitrogen and oxygen atoms in total. The Hall–Kier alpha value is -0.530. The maximum Gasteiger partial charge on any atom is 0.0963 e. The summed E-state index contributed by atoms with van der Waals surface area (Å²) in [5, 5.41) is 3.61. The Morgan fingerprint density at radius 2 is 2.07 bits per heavy atom. The van der Waals surface area contributed by atoms with E-state index >= 15 is 0 Å². The molecular formula is C13H24N2. The zero-order chi connectivity index (χ0) is 10.6. The van der Waals surface area contributed by atoms with Gasteiger partial charge < -0.3 is 5.32 Å². The highest BCUT2D eigenvalue weighted by Gasteiger charge is 2.34. The average molecular weight is 208 g/mol. The first-order chi connectivity index (χ1) is 7.35. The number of aliphatic imine (C=N–C) groups is 1. The van der Waals surface area contributed by atoms with Crippen molar-refractivity contribution < 1.29 is 0 Å². The molecule has 1 fully saturated rings. The van der Waals surface area contributed by atoms with E-state index in [1.54, 1.807) is 0 Å². The molecule has 0 aromatic heterocycles. The Labute approximate surface area is 93.6 Å². The van der Waals surface area contributed by atoms with E-state index in [-0.39, 0.29) is 0 Å². The molecule has 0 amide bonds. The number of amidine groups is 1. The highest BCUT2D eigenvalue weighted by molar-refractivity contribution is 5.82. The van der Waals surface area contributed by atoms with Crippen LogP contribution < -0.4 is 5.32 Å². The zero-order valence-corrected chi connectivity index (χ0v) is 10.0. The van der Waals surface area contributed by atoms with Crippen LogP contribution in [0.5, 0.6) is 0 Å². The summed E-state index contributed by atoms with van der Waals surface area (Å²) in [7, 11) is 0. The molecule has 1 aliphatic carbocycles. The van der Waals surface area contributed by atoms with Crippen LogP contribution in [0.4, 0.5) is 0 Å². The van der Waals surface area contributed by atoms with Gasteiger partial charge in [-0.05, 0) is 37.5 Å². The predicted octanol–water partition coefficient (Wildman–Crippen LogP) is 3.13. The second kappa shape index (κ2) is 5.00. The van der Waals surface area contributed by atoms with Gasteiger partial charge in [-0.15, -0.1) is 0 Å². The first-order valence-corrected chi connectivity index (χ1v) is 6.62. The number of hydrogen-bond acceptors (Lipinski definition) is 2. The highest BCUT2D eigenvalue weighted by Crippen LogP contribution is 2.43. The molecule has 0 bridgehead atoms. The Bertz CT molecular complexity index is 223. The van der Waals surface area contributed by atoms with Crippen LogP contribution in [0, 0.1) is 5.41 Å². The minimum Gasteiger partial charge on any atom is -0.373 e. The molecule has 1 heterocycles. The normalized spacial score (nSPS) is 25.0. The molecule has 1 saturated carbocycles. The van der Waals surface area contributed by atoms with E-state index in [0.717, 1.165) is 6.54 Å². The summed E-state index contributed by atoms with van der Waals surface area (Å²) < 4.78 is 0. The average Bonchev–Trinajstić information content (AvgIpc) is 2.45. The zero-order valence-electron chi connectivity index (χ0n) is 10.0. The summed E-state index contributed by atoms with van der Waals surface area (Å²) in [4.78, 5) is 4.62. The van der Waals surface area contributed by atoms with Crippen molar-refractivity contribution >= 4 is 5.84 Å². The molecule has 2 heteroatoms. The topological polar surface area (TPSA) is 24.4 Å². The maximum absolute atomic E-state index is 4.62. The van der Waals surface area contributed by atoms with Crippen LogP contribution in [0.25, 0.3) is 0 Å². The summed E-state index contributed by atoms with van der Waals surface area (Å²) >= 11 is 0. The smallest absolute Gasteiger partial charge is 0.0963 e. The molecule has 0 aromatic rings. The van der Waals surface area contributed by atoms with Gasteiger partial charge in [-0.2, -0.15) is 0 Å². The van der Waals surface area contributed by atoms with Crippen LogP contribution in [-0.2, 0) is 0 Å². The Kier molecular flexibility index (Phi) is 3.66. The Morgan fingerprint density at radius 3 is 2.73 bits per heavy atom. The highest BCUT2D eigenvalue weighted by atomic mass is 15.0. The predicted molar refractivity (Wildman–Crippen MR) is 65.3 cm³/mol. The van der Waals surface area contributed by atoms with Gasteiger partial charge in [-0.1, -0.05) is 19.8 Å². The maximum atomic E-state index is 4.62. The van der Waals surface area contributed by atoms with Crippen molar-refractivity contribution in [2.45, 2.75) is 58.3 Å². The largest absolute Gasteiger partial charge is 0.373 e. The SMILES string of the molecule is CCC1(CNC2=NCCCCC2)CCC1. The number of rotatable bonds is 3. The van der Waals surface area contributed by atoms with Gasteiger partial charge in [0, 0.05) is 19.5 Å². The molecule has 0 aromatic carbocycles. The second-order valence-electron chi connectivity index (χ2n) is 5.20. The molecule has 1 aliphatic heterocycles. The van der Waals surface area contributed by atoms with Crippen LogP contribution >= 0.6 is 0 Å². The van der Waals surface area contributed by atoms with E-state index in [1.165, 1.54) is 63.7 Å². The minimum atomic E-state index is 0.620. The van der Waals surface area contributed by atoms with Crippen LogP contribution in [0.3, 0.4) is 0 Å². The third-order valence-electron chi connectivity index (χ3n) is 4.21. The molecule has 0 atom stereocenters. The van der Waals surface area contributed by atoms with E-state index in [0.29, 0.717) is 5.41 Å². The van der Waals surface area contributed by atoms with Gasteiger partial charge in [0.1, 0.15) is 0 Å². The van der Waals surface area contributed by atoms with E-state index in [2.05, 4.69) is 17.2 Å². The van der Waals surface area contributed by atoms with Gasteiger partial charge in [-0.25, -0.2) is 0 Å². The fourth-order valence-corrected chi connectivity index (χ4v) is 2.64. The Morgan fingerprint density at radius 1 is 1.20 bits per heavy atom. The standard InChI is InChI=1S/C13H24N2/c1-2-13(8-6-9-13)11-15-12-7-4-3-5-10-14-12/h2-11H2,1H3,(H,14,15). The third kappa shape index (κ3) is 2.73. The Balaban J connectivity index is 1.78. The fourth-order valence-electron chi connectivity index (χ4n) is 2.64. The summed E-state index contributed by atoms with van der Waals surface area (Å²) in [6, 6.07) is 0. The first kappa shape index (κ1) is 11.0. The molecule has 0 spiro atoms. The lowest BCUT2D eigenvalue weighted by Gasteiger charge is -2.41. The van der Waals surface area contributed by atoms with Gasteiger partial charge in [0.2, 0.25) is 0 Å². The van der Waals surface area contributed by atoms with Crippen molar-refractivity contribution in [3.8, 4) is 0 Å². The van der Waals surface area contributed by atoms with Gasteiger partial charge in [0.05, 0.1) is 5.84 Å². The van der Waals surface area contributed by atoms with Crippen molar-refractivity contribution in [2.75, 3.05) is 13.1 Å². The van der Waals surface area contributed by atoms with Crippen LogP contribution in [0.15, 0.2) is 4.99 Å².